The van der Waals surface area contributed by atoms with Crippen molar-refractivity contribution in [1.82, 2.24) is 14.8 Å². The summed E-state index contributed by atoms with van der Waals surface area (Å²) in [5.41, 5.74) is 3.24. The van der Waals surface area contributed by atoms with Gasteiger partial charge >= 0.3 is 0 Å². The lowest BCUT2D eigenvalue weighted by molar-refractivity contribution is -0.136. The number of hydrogen-bond donors (Lipinski definition) is 1. The summed E-state index contributed by atoms with van der Waals surface area (Å²) in [4.78, 5) is 31.1. The summed E-state index contributed by atoms with van der Waals surface area (Å²) in [6, 6.07) is 25.7. The number of amides is 2. The first kappa shape index (κ1) is 26.6. The van der Waals surface area contributed by atoms with Gasteiger partial charge in [-0.15, -0.1) is 0 Å². The van der Waals surface area contributed by atoms with E-state index < -0.39 is 5.54 Å². The second kappa shape index (κ2) is 11.1. The predicted molar refractivity (Wildman–Crippen MR) is 160 cm³/mol. The molecule has 1 saturated carbocycles. The molecule has 206 valence electrons. The fourth-order valence-corrected chi connectivity index (χ4v) is 6.63. The largest absolute Gasteiger partial charge is 0.351 e. The first-order chi connectivity index (χ1) is 19.5. The van der Waals surface area contributed by atoms with E-state index in [-0.39, 0.29) is 17.9 Å². The van der Waals surface area contributed by atoms with Gasteiger partial charge in [-0.2, -0.15) is 0 Å². The van der Waals surface area contributed by atoms with Gasteiger partial charge in [0.15, 0.2) is 5.54 Å². The van der Waals surface area contributed by atoms with Crippen LogP contribution in [-0.2, 0) is 23.4 Å². The number of aryl methyl sites for hydroxylation is 1. The fourth-order valence-electron chi connectivity index (χ4n) is 6.51. The van der Waals surface area contributed by atoms with Gasteiger partial charge in [-0.05, 0) is 60.7 Å². The number of nitrogens with one attached hydrogen (secondary N) is 1. The zero-order valence-electron chi connectivity index (χ0n) is 23.0. The molecule has 1 aliphatic heterocycles. The van der Waals surface area contributed by atoms with E-state index in [9.17, 15) is 9.59 Å². The molecule has 2 amide bonds. The summed E-state index contributed by atoms with van der Waals surface area (Å²) in [6.45, 7) is 2.70. The summed E-state index contributed by atoms with van der Waals surface area (Å²) in [5, 5.41) is 5.10. The van der Waals surface area contributed by atoms with Crippen molar-refractivity contribution in [2.24, 2.45) is 0 Å². The van der Waals surface area contributed by atoms with E-state index in [4.69, 9.17) is 11.6 Å². The molecule has 0 saturated heterocycles. The van der Waals surface area contributed by atoms with Crippen LogP contribution < -0.4 is 5.32 Å². The minimum Gasteiger partial charge on any atom is -0.351 e. The van der Waals surface area contributed by atoms with E-state index in [1.807, 2.05) is 60.7 Å². The number of rotatable bonds is 5. The molecule has 0 spiro atoms. The minimum absolute atomic E-state index is 0.103. The number of nitrogens with zero attached hydrogens (tertiary/aromatic N) is 2. The van der Waals surface area contributed by atoms with Crippen LogP contribution in [0.3, 0.4) is 0 Å². The van der Waals surface area contributed by atoms with Gasteiger partial charge in [-0.1, -0.05) is 98.3 Å². The highest BCUT2D eigenvalue weighted by Gasteiger charge is 2.52. The number of aromatic nitrogens is 1. The first-order valence-electron chi connectivity index (χ1n) is 14.5. The first-order valence-corrected chi connectivity index (χ1v) is 14.9. The van der Waals surface area contributed by atoms with Crippen molar-refractivity contribution in [2.75, 3.05) is 0 Å². The molecule has 2 aliphatic rings. The molecule has 1 unspecified atom stereocenters. The molecule has 0 radical (unpaired) electrons. The molecule has 3 aromatic carbocycles. The average molecular weight is 554 g/mol. The molecule has 0 bridgehead atoms. The average Bonchev–Trinajstić information content (AvgIpc) is 3.30. The van der Waals surface area contributed by atoms with Gasteiger partial charge in [-0.3, -0.25) is 9.59 Å². The number of fused-ring (bicyclic) bond motifs is 3. The second-order valence-corrected chi connectivity index (χ2v) is 11.9. The Morgan fingerprint density at radius 2 is 1.62 bits per heavy atom. The van der Waals surface area contributed by atoms with Gasteiger partial charge in [0.1, 0.15) is 5.69 Å². The SMILES string of the molecule is Cc1ccc2cc3n(c2c1)CC(C(=O)NC1CCCCCCC1)(c1ccccc1)N(Cc1ccc(Cl)cc1)C3=O. The monoisotopic (exact) mass is 553 g/mol. The molecule has 1 aliphatic carbocycles. The Kier molecular flexibility index (Phi) is 7.41. The molecule has 1 N–H and O–H groups in total. The Morgan fingerprint density at radius 3 is 2.35 bits per heavy atom. The molecule has 2 heterocycles. The molecule has 40 heavy (non-hydrogen) atoms. The number of carbonyl (C=O) groups excluding carboxylic acids is 2. The van der Waals surface area contributed by atoms with Crippen LogP contribution in [0.1, 0.15) is 72.1 Å². The van der Waals surface area contributed by atoms with Crippen molar-refractivity contribution in [3.63, 3.8) is 0 Å². The third kappa shape index (κ3) is 4.92. The molecule has 6 rings (SSSR count). The van der Waals surface area contributed by atoms with Crippen LogP contribution in [-0.4, -0.2) is 27.3 Å². The minimum atomic E-state index is -1.22. The van der Waals surface area contributed by atoms with Crippen molar-refractivity contribution < 1.29 is 9.59 Å². The number of carbonyl (C=O) groups is 2. The van der Waals surface area contributed by atoms with Crippen LogP contribution in [0, 0.1) is 6.92 Å². The summed E-state index contributed by atoms with van der Waals surface area (Å²) in [6.07, 6.45) is 7.84. The zero-order valence-corrected chi connectivity index (χ0v) is 23.8. The quantitative estimate of drug-likeness (QED) is 0.280. The van der Waals surface area contributed by atoms with Gasteiger partial charge in [0.25, 0.3) is 11.8 Å². The van der Waals surface area contributed by atoms with Gasteiger partial charge in [-0.25, -0.2) is 0 Å². The molecule has 4 aromatic rings. The highest BCUT2D eigenvalue weighted by molar-refractivity contribution is 6.30. The van der Waals surface area contributed by atoms with Crippen LogP contribution >= 0.6 is 11.6 Å². The standard InChI is InChI=1S/C34H36ClN3O2/c1-24-14-17-26-21-31-32(39)38(22-25-15-18-28(35)19-16-25)34(23-37(31)30(26)20-24,27-10-6-5-7-11-27)33(40)36-29-12-8-3-2-4-9-13-29/h5-7,10-11,14-21,29H,2-4,8-9,12-13,22-23H2,1H3,(H,36,40). The summed E-state index contributed by atoms with van der Waals surface area (Å²) in [7, 11) is 0. The van der Waals surface area contributed by atoms with E-state index in [0.29, 0.717) is 23.8 Å². The highest BCUT2D eigenvalue weighted by atomic mass is 35.5. The third-order valence-corrected chi connectivity index (χ3v) is 8.95. The normalized spacial score (nSPS) is 20.1. The number of hydrogen-bond acceptors (Lipinski definition) is 2. The van der Waals surface area contributed by atoms with Crippen molar-refractivity contribution in [1.29, 1.82) is 0 Å². The van der Waals surface area contributed by atoms with Crippen LogP contribution in [0.2, 0.25) is 5.02 Å². The molecular weight excluding hydrogens is 518 g/mol. The molecule has 1 atom stereocenters. The van der Waals surface area contributed by atoms with Crippen LogP contribution in [0.5, 0.6) is 0 Å². The van der Waals surface area contributed by atoms with E-state index in [2.05, 4.69) is 35.0 Å². The Morgan fingerprint density at radius 1 is 0.925 bits per heavy atom. The molecule has 1 aromatic heterocycles. The Labute approximate surface area is 241 Å². The zero-order chi connectivity index (χ0) is 27.7. The maximum Gasteiger partial charge on any atom is 0.272 e. The lowest BCUT2D eigenvalue weighted by atomic mass is 9.83. The van der Waals surface area contributed by atoms with Gasteiger partial charge in [0, 0.05) is 28.5 Å². The number of benzene rings is 3. The predicted octanol–water partition coefficient (Wildman–Crippen LogP) is 7.38. The smallest absolute Gasteiger partial charge is 0.272 e. The maximum absolute atomic E-state index is 14.8. The van der Waals surface area contributed by atoms with Gasteiger partial charge in [0.05, 0.1) is 6.54 Å². The highest BCUT2D eigenvalue weighted by Crippen LogP contribution is 2.41. The van der Waals surface area contributed by atoms with Crippen LogP contribution in [0.4, 0.5) is 0 Å². The van der Waals surface area contributed by atoms with Crippen molar-refractivity contribution in [3.05, 3.63) is 106 Å². The number of halogens is 1. The van der Waals surface area contributed by atoms with Crippen LogP contribution in [0.25, 0.3) is 10.9 Å². The van der Waals surface area contributed by atoms with E-state index >= 15 is 0 Å². The summed E-state index contributed by atoms with van der Waals surface area (Å²) < 4.78 is 2.06. The van der Waals surface area contributed by atoms with Gasteiger partial charge in [0.2, 0.25) is 0 Å². The van der Waals surface area contributed by atoms with Crippen molar-refractivity contribution in [3.8, 4) is 0 Å². The van der Waals surface area contributed by atoms with Crippen molar-refractivity contribution >= 4 is 34.3 Å². The maximum atomic E-state index is 14.8. The van der Waals surface area contributed by atoms with E-state index in [1.54, 1.807) is 4.90 Å². The van der Waals surface area contributed by atoms with E-state index in [1.165, 1.54) is 19.3 Å². The molecule has 5 nitrogen and oxygen atoms in total. The van der Waals surface area contributed by atoms with E-state index in [0.717, 1.165) is 53.3 Å². The summed E-state index contributed by atoms with van der Waals surface area (Å²) >= 11 is 6.20. The molecule has 6 heteroatoms. The third-order valence-electron chi connectivity index (χ3n) is 8.69. The fraction of sp³-hybridized carbons (Fsp3) is 0.353. The molecule has 1 fully saturated rings. The Bertz CT molecular complexity index is 1520. The lowest BCUT2D eigenvalue weighted by Crippen LogP contribution is -2.64. The van der Waals surface area contributed by atoms with Crippen LogP contribution in [0.15, 0.2) is 78.9 Å². The topological polar surface area (TPSA) is 54.3 Å². The Balaban J connectivity index is 1.52. The Hall–Kier alpha value is -3.57. The summed E-state index contributed by atoms with van der Waals surface area (Å²) in [5.74, 6) is -0.251. The van der Waals surface area contributed by atoms with Crippen molar-refractivity contribution in [2.45, 2.75) is 76.5 Å². The lowest BCUT2D eigenvalue weighted by Gasteiger charge is -2.47. The second-order valence-electron chi connectivity index (χ2n) is 11.4. The van der Waals surface area contributed by atoms with Gasteiger partial charge < -0.3 is 14.8 Å². The molecular formula is C34H36ClN3O2.